The van der Waals surface area contributed by atoms with Crippen molar-refractivity contribution in [1.29, 1.82) is 0 Å². The molecule has 0 bridgehead atoms. The van der Waals surface area contributed by atoms with Crippen LogP contribution in [-0.4, -0.2) is 33.7 Å². The molecule has 0 aliphatic heterocycles. The molecular weight excluding hydrogens is 516 g/mol. The number of hydrogen-bond acceptors (Lipinski definition) is 6. The average Bonchev–Trinajstić information content (AvgIpc) is 3.46. The van der Waals surface area contributed by atoms with Crippen LogP contribution in [0.3, 0.4) is 0 Å². The summed E-state index contributed by atoms with van der Waals surface area (Å²) in [6, 6.07) is 22.2. The highest BCUT2D eigenvalue weighted by atomic mass is 32.1. The normalized spacial score (nSPS) is 15.3. The van der Waals surface area contributed by atoms with Crippen LogP contribution in [0.15, 0.2) is 85.2 Å². The first-order chi connectivity index (χ1) is 19.6. The standard InChI is InChI=1S/C33H36N4O2S/c34-27(22-24-12-6-2-7-13-24)32(39)36-28(17-16-23-10-4-1-5-11-23)30(38)31-29(25-14-8-3-9-15-25)37-33(40-31)26-18-20-35-21-19-26/h1,3-5,8-11,14-15,18-21,24,27-28H,2,6-7,12-13,16-17,22,34H2,(H,36,39). The highest BCUT2D eigenvalue weighted by molar-refractivity contribution is 7.17. The highest BCUT2D eigenvalue weighted by Gasteiger charge is 2.30. The van der Waals surface area contributed by atoms with E-state index in [4.69, 9.17) is 10.7 Å². The van der Waals surface area contributed by atoms with E-state index in [1.807, 2.05) is 72.8 Å². The van der Waals surface area contributed by atoms with Gasteiger partial charge in [0, 0.05) is 23.5 Å². The molecule has 1 aliphatic carbocycles. The maximum Gasteiger partial charge on any atom is 0.237 e. The van der Waals surface area contributed by atoms with Crippen molar-refractivity contribution in [2.75, 3.05) is 0 Å². The van der Waals surface area contributed by atoms with E-state index in [1.165, 1.54) is 30.6 Å². The second kappa shape index (κ2) is 13.6. The van der Waals surface area contributed by atoms with Gasteiger partial charge in [-0.1, -0.05) is 92.8 Å². The van der Waals surface area contributed by atoms with Crippen LogP contribution in [0.5, 0.6) is 0 Å². The summed E-state index contributed by atoms with van der Waals surface area (Å²) in [6.07, 6.45) is 11.1. The lowest BCUT2D eigenvalue weighted by atomic mass is 9.85. The Balaban J connectivity index is 1.43. The zero-order valence-corrected chi connectivity index (χ0v) is 23.5. The third-order valence-corrected chi connectivity index (χ3v) is 8.79. The number of ketones is 1. The van der Waals surface area contributed by atoms with Crippen molar-refractivity contribution >= 4 is 23.0 Å². The Labute approximate surface area is 240 Å². The zero-order chi connectivity index (χ0) is 27.7. The molecule has 40 heavy (non-hydrogen) atoms. The van der Waals surface area contributed by atoms with Crippen molar-refractivity contribution in [1.82, 2.24) is 15.3 Å². The Morgan fingerprint density at radius 2 is 1.57 bits per heavy atom. The molecule has 0 spiro atoms. The van der Waals surface area contributed by atoms with Gasteiger partial charge in [-0.05, 0) is 42.9 Å². The summed E-state index contributed by atoms with van der Waals surface area (Å²) in [5, 5.41) is 3.80. The molecule has 206 valence electrons. The number of nitrogens with one attached hydrogen (secondary N) is 1. The molecular formula is C33H36N4O2S. The van der Waals surface area contributed by atoms with Gasteiger partial charge >= 0.3 is 0 Å². The maximum absolute atomic E-state index is 14.3. The van der Waals surface area contributed by atoms with Crippen molar-refractivity contribution in [2.45, 2.75) is 63.5 Å². The Morgan fingerprint density at radius 1 is 0.900 bits per heavy atom. The molecule has 0 saturated heterocycles. The molecule has 1 fully saturated rings. The van der Waals surface area contributed by atoms with Gasteiger partial charge < -0.3 is 11.1 Å². The zero-order valence-electron chi connectivity index (χ0n) is 22.7. The number of aryl methyl sites for hydroxylation is 1. The lowest BCUT2D eigenvalue weighted by molar-refractivity contribution is -0.123. The van der Waals surface area contributed by atoms with E-state index in [0.29, 0.717) is 35.8 Å². The predicted octanol–water partition coefficient (Wildman–Crippen LogP) is 6.47. The van der Waals surface area contributed by atoms with Gasteiger partial charge in [0.25, 0.3) is 0 Å². The number of carbonyl (C=O) groups excluding carboxylic acids is 2. The van der Waals surface area contributed by atoms with E-state index in [-0.39, 0.29) is 11.7 Å². The fourth-order valence-corrected chi connectivity index (χ4v) is 6.53. The van der Waals surface area contributed by atoms with Crippen LogP contribution in [0.1, 0.15) is 60.2 Å². The minimum absolute atomic E-state index is 0.134. The third-order valence-electron chi connectivity index (χ3n) is 7.67. The van der Waals surface area contributed by atoms with E-state index in [9.17, 15) is 9.59 Å². The van der Waals surface area contributed by atoms with Crippen LogP contribution in [-0.2, 0) is 11.2 Å². The molecule has 5 rings (SSSR count). The van der Waals surface area contributed by atoms with Crippen LogP contribution in [0.4, 0.5) is 0 Å². The molecule has 1 amide bonds. The smallest absolute Gasteiger partial charge is 0.237 e. The summed E-state index contributed by atoms with van der Waals surface area (Å²) < 4.78 is 0. The van der Waals surface area contributed by atoms with Crippen molar-refractivity contribution in [3.63, 3.8) is 0 Å². The van der Waals surface area contributed by atoms with Gasteiger partial charge in [0.05, 0.1) is 17.8 Å². The summed E-state index contributed by atoms with van der Waals surface area (Å²) in [7, 11) is 0. The maximum atomic E-state index is 14.3. The lowest BCUT2D eigenvalue weighted by Crippen LogP contribution is -2.49. The van der Waals surface area contributed by atoms with Crippen LogP contribution in [0, 0.1) is 5.92 Å². The van der Waals surface area contributed by atoms with Crippen LogP contribution in [0.25, 0.3) is 21.8 Å². The Bertz CT molecular complexity index is 1390. The molecule has 4 aromatic rings. The summed E-state index contributed by atoms with van der Waals surface area (Å²) in [5.41, 5.74) is 9.92. The summed E-state index contributed by atoms with van der Waals surface area (Å²) in [5.74, 6) is 0.0880. The second-order valence-corrected chi connectivity index (χ2v) is 11.6. The van der Waals surface area contributed by atoms with Gasteiger partial charge in [-0.15, -0.1) is 11.3 Å². The number of thiazole rings is 1. The topological polar surface area (TPSA) is 98.0 Å². The van der Waals surface area contributed by atoms with E-state index in [2.05, 4.69) is 10.3 Å². The van der Waals surface area contributed by atoms with Gasteiger partial charge in [0.1, 0.15) is 9.88 Å². The number of amides is 1. The predicted molar refractivity (Wildman–Crippen MR) is 161 cm³/mol. The monoisotopic (exact) mass is 552 g/mol. The molecule has 6 nitrogen and oxygen atoms in total. The van der Waals surface area contributed by atoms with Crippen molar-refractivity contribution < 1.29 is 9.59 Å². The molecule has 7 heteroatoms. The van der Waals surface area contributed by atoms with Crippen LogP contribution < -0.4 is 11.1 Å². The number of benzene rings is 2. The Morgan fingerprint density at radius 3 is 2.27 bits per heavy atom. The molecule has 2 heterocycles. The molecule has 0 radical (unpaired) electrons. The van der Waals surface area contributed by atoms with Gasteiger partial charge in [-0.3, -0.25) is 14.6 Å². The minimum atomic E-state index is -0.710. The van der Waals surface area contributed by atoms with Gasteiger partial charge in [-0.25, -0.2) is 4.98 Å². The first kappa shape index (κ1) is 27.9. The number of rotatable bonds is 11. The first-order valence-corrected chi connectivity index (χ1v) is 15.0. The van der Waals surface area contributed by atoms with Crippen LogP contribution >= 0.6 is 11.3 Å². The molecule has 2 atom stereocenters. The third kappa shape index (κ3) is 7.09. The quantitative estimate of drug-likeness (QED) is 0.208. The van der Waals surface area contributed by atoms with E-state index < -0.39 is 12.1 Å². The Hall–Kier alpha value is -3.68. The molecule has 2 unspecified atom stereocenters. The number of carbonyl (C=O) groups is 2. The van der Waals surface area contributed by atoms with Gasteiger partial charge in [-0.2, -0.15) is 0 Å². The molecule has 2 aromatic carbocycles. The van der Waals surface area contributed by atoms with E-state index in [1.54, 1.807) is 12.4 Å². The summed E-state index contributed by atoms with van der Waals surface area (Å²) in [4.78, 5) is 37.2. The molecule has 1 saturated carbocycles. The number of hydrogen-bond donors (Lipinski definition) is 2. The fraction of sp³-hybridized carbons (Fsp3) is 0.333. The van der Waals surface area contributed by atoms with Gasteiger partial charge in [0.15, 0.2) is 5.78 Å². The number of pyridine rings is 1. The van der Waals surface area contributed by atoms with Gasteiger partial charge in [0.2, 0.25) is 5.91 Å². The summed E-state index contributed by atoms with van der Waals surface area (Å²) in [6.45, 7) is 0. The molecule has 3 N–H and O–H groups in total. The highest BCUT2D eigenvalue weighted by Crippen LogP contribution is 2.35. The molecule has 2 aromatic heterocycles. The number of aromatic nitrogens is 2. The SMILES string of the molecule is NC(CC1CCCCC1)C(=O)NC(CCc1ccccc1)C(=O)c1sc(-c2ccncc2)nc1-c1ccccc1. The average molecular weight is 553 g/mol. The van der Waals surface area contributed by atoms with Crippen molar-refractivity contribution in [2.24, 2.45) is 11.7 Å². The van der Waals surface area contributed by atoms with Crippen LogP contribution in [0.2, 0.25) is 0 Å². The fourth-order valence-electron chi connectivity index (χ4n) is 5.45. The largest absolute Gasteiger partial charge is 0.345 e. The number of Topliss-reactive ketones (excluding diaryl/α,β-unsaturated/α-hetero) is 1. The second-order valence-electron chi connectivity index (χ2n) is 10.6. The number of nitrogens with two attached hydrogens (primary N) is 1. The Kier molecular flexibility index (Phi) is 9.47. The minimum Gasteiger partial charge on any atom is -0.345 e. The first-order valence-electron chi connectivity index (χ1n) is 14.2. The summed E-state index contributed by atoms with van der Waals surface area (Å²) >= 11 is 1.36. The van der Waals surface area contributed by atoms with E-state index in [0.717, 1.165) is 34.5 Å². The lowest BCUT2D eigenvalue weighted by Gasteiger charge is -2.25. The van der Waals surface area contributed by atoms with E-state index >= 15 is 0 Å². The number of nitrogens with zero attached hydrogens (tertiary/aromatic N) is 2. The van der Waals surface area contributed by atoms with Crippen molar-refractivity contribution in [3.8, 4) is 21.8 Å². The van der Waals surface area contributed by atoms with Crippen molar-refractivity contribution in [3.05, 3.63) is 95.6 Å². The molecule has 1 aliphatic rings.